The second-order valence-corrected chi connectivity index (χ2v) is 14.6. The molecule has 1 atom stereocenters. The number of benzene rings is 9. The molecule has 1 unspecified atom stereocenters. The highest BCUT2D eigenvalue weighted by Crippen LogP contribution is 2.47. The maximum atomic E-state index is 6.65. The van der Waals surface area contributed by atoms with Crippen molar-refractivity contribution in [3.63, 3.8) is 0 Å². The Morgan fingerprint density at radius 1 is 0.439 bits per heavy atom. The summed E-state index contributed by atoms with van der Waals surface area (Å²) in [5, 5.41) is 8.37. The molecule has 1 aliphatic heterocycles. The number of nitrogens with one attached hydrogen (secondary N) is 1. The topological polar surface area (TPSA) is 29.4 Å². The molecule has 1 aromatic heterocycles. The lowest BCUT2D eigenvalue weighted by Crippen LogP contribution is -2.10. The van der Waals surface area contributed by atoms with Crippen LogP contribution in [-0.4, -0.2) is 4.57 Å². The Bertz CT molecular complexity index is 2990. The Labute approximate surface area is 331 Å². The summed E-state index contributed by atoms with van der Waals surface area (Å²) in [6, 6.07) is 75.8. The summed E-state index contributed by atoms with van der Waals surface area (Å²) in [6.07, 6.45) is -0.231. The highest BCUT2D eigenvalue weighted by molar-refractivity contribution is 6.09. The second kappa shape index (κ2) is 13.6. The van der Waals surface area contributed by atoms with Crippen molar-refractivity contribution >= 4 is 55.3 Å². The van der Waals surface area contributed by atoms with Gasteiger partial charge in [0, 0.05) is 44.5 Å². The average molecular weight is 732 g/mol. The molecule has 0 amide bonds. The zero-order chi connectivity index (χ0) is 37.7. The van der Waals surface area contributed by atoms with E-state index in [-0.39, 0.29) is 6.23 Å². The van der Waals surface area contributed by atoms with Gasteiger partial charge in [0.2, 0.25) is 0 Å². The van der Waals surface area contributed by atoms with Crippen LogP contribution in [-0.2, 0) is 0 Å². The Morgan fingerprint density at radius 3 is 1.63 bits per heavy atom. The van der Waals surface area contributed by atoms with Gasteiger partial charge in [-0.25, -0.2) is 0 Å². The number of nitrogens with zero attached hydrogens (tertiary/aromatic N) is 2. The number of anilines is 4. The maximum absolute atomic E-state index is 6.65. The van der Waals surface area contributed by atoms with E-state index in [0.717, 1.165) is 61.6 Å². The second-order valence-electron chi connectivity index (χ2n) is 14.6. The number of aromatic nitrogens is 1. The van der Waals surface area contributed by atoms with Gasteiger partial charge in [0.1, 0.15) is 0 Å². The minimum Gasteiger partial charge on any atom is -0.464 e. The number of rotatable bonds is 7. The number of ether oxygens (including phenoxy) is 1. The fourth-order valence-electron chi connectivity index (χ4n) is 8.51. The molecule has 2 heterocycles. The molecule has 0 radical (unpaired) electrons. The van der Waals surface area contributed by atoms with Crippen LogP contribution in [0.2, 0.25) is 0 Å². The number of hydrogen-bond acceptors (Lipinski definition) is 3. The van der Waals surface area contributed by atoms with Crippen LogP contribution in [0.3, 0.4) is 0 Å². The summed E-state index contributed by atoms with van der Waals surface area (Å²) in [4.78, 5) is 2.34. The molecule has 0 spiro atoms. The summed E-state index contributed by atoms with van der Waals surface area (Å²) >= 11 is 0. The number of hydrogen-bond donors (Lipinski definition) is 1. The van der Waals surface area contributed by atoms with Crippen LogP contribution in [0.15, 0.2) is 212 Å². The summed E-state index contributed by atoms with van der Waals surface area (Å²) in [5.74, 6) is 0.893. The highest BCUT2D eigenvalue weighted by Gasteiger charge is 2.26. The Balaban J connectivity index is 0.991. The maximum Gasteiger partial charge on any atom is 0.196 e. The van der Waals surface area contributed by atoms with Gasteiger partial charge in [-0.05, 0) is 94.4 Å². The average Bonchev–Trinajstić information content (AvgIpc) is 3.88. The van der Waals surface area contributed by atoms with Crippen molar-refractivity contribution in [3.8, 4) is 33.7 Å². The van der Waals surface area contributed by atoms with Gasteiger partial charge in [0.05, 0.1) is 16.7 Å². The zero-order valence-electron chi connectivity index (χ0n) is 31.1. The van der Waals surface area contributed by atoms with Gasteiger partial charge in [0.25, 0.3) is 0 Å². The summed E-state index contributed by atoms with van der Waals surface area (Å²) in [6.45, 7) is 0. The minimum absolute atomic E-state index is 0.231. The molecule has 1 N–H and O–H groups in total. The minimum atomic E-state index is -0.231. The molecule has 4 nitrogen and oxygen atoms in total. The first kappa shape index (κ1) is 32.8. The van der Waals surface area contributed by atoms with Gasteiger partial charge in [-0.3, -0.25) is 0 Å². The van der Waals surface area contributed by atoms with E-state index in [1.54, 1.807) is 0 Å². The van der Waals surface area contributed by atoms with E-state index in [1.807, 2.05) is 6.07 Å². The van der Waals surface area contributed by atoms with E-state index in [9.17, 15) is 0 Å². The fourth-order valence-corrected chi connectivity index (χ4v) is 8.51. The van der Waals surface area contributed by atoms with Crippen molar-refractivity contribution in [2.24, 2.45) is 0 Å². The van der Waals surface area contributed by atoms with Gasteiger partial charge in [-0.1, -0.05) is 146 Å². The molecule has 0 saturated heterocycles. The summed E-state index contributed by atoms with van der Waals surface area (Å²) in [7, 11) is 0. The van der Waals surface area contributed by atoms with Crippen molar-refractivity contribution in [1.29, 1.82) is 0 Å². The predicted molar refractivity (Wildman–Crippen MR) is 237 cm³/mol. The molecule has 0 bridgehead atoms. The van der Waals surface area contributed by atoms with Crippen LogP contribution in [0.4, 0.5) is 22.7 Å². The summed E-state index contributed by atoms with van der Waals surface area (Å²) < 4.78 is 9.02. The lowest BCUT2D eigenvalue weighted by atomic mass is 9.96. The van der Waals surface area contributed by atoms with Gasteiger partial charge in [-0.2, -0.15) is 0 Å². The van der Waals surface area contributed by atoms with Gasteiger partial charge in [0.15, 0.2) is 12.0 Å². The standard InChI is InChI=1S/C53H37N3O/c1-3-12-36(13-4-1)37-22-27-41(28-23-37)55(43-31-33-44(34-32-43)56-49-20-9-7-17-46(49)47-18-8-10-21-50(47)56)42-29-24-38(25-30-42)45-19-11-16-39-26-35-48-52(51(39)45)57-53(54-48)40-14-5-2-6-15-40/h1-35,53-54H. The van der Waals surface area contributed by atoms with Crippen LogP contribution >= 0.6 is 0 Å². The lowest BCUT2D eigenvalue weighted by Gasteiger charge is -2.26. The molecular weight excluding hydrogens is 695 g/mol. The molecule has 270 valence electrons. The van der Waals surface area contributed by atoms with Crippen molar-refractivity contribution in [3.05, 3.63) is 218 Å². The first-order valence-electron chi connectivity index (χ1n) is 19.5. The normalized spacial score (nSPS) is 13.4. The molecule has 0 fully saturated rings. The van der Waals surface area contributed by atoms with E-state index in [1.165, 1.54) is 32.9 Å². The first-order chi connectivity index (χ1) is 28.3. The fraction of sp³-hybridized carbons (Fsp3) is 0.0189. The van der Waals surface area contributed by atoms with Crippen LogP contribution in [0.1, 0.15) is 11.8 Å². The molecule has 1 aliphatic rings. The van der Waals surface area contributed by atoms with E-state index in [0.29, 0.717) is 0 Å². The van der Waals surface area contributed by atoms with Crippen molar-refractivity contribution in [1.82, 2.24) is 4.57 Å². The molecule has 0 aliphatic carbocycles. The van der Waals surface area contributed by atoms with Crippen LogP contribution < -0.4 is 15.0 Å². The van der Waals surface area contributed by atoms with Crippen LogP contribution in [0, 0.1) is 0 Å². The number of para-hydroxylation sites is 2. The molecule has 4 heteroatoms. The van der Waals surface area contributed by atoms with E-state index in [2.05, 4.69) is 221 Å². The van der Waals surface area contributed by atoms with Crippen molar-refractivity contribution < 1.29 is 4.74 Å². The third kappa shape index (κ3) is 5.70. The monoisotopic (exact) mass is 731 g/mol. The van der Waals surface area contributed by atoms with Gasteiger partial charge >= 0.3 is 0 Å². The largest absolute Gasteiger partial charge is 0.464 e. The SMILES string of the molecule is c1ccc(-c2ccc(N(c3ccc(-c4cccc5ccc6c(c45)OC(c4ccccc4)N6)cc3)c3ccc(-n4c5ccccc5c5ccccc54)cc3)cc2)cc1. The van der Waals surface area contributed by atoms with Gasteiger partial charge < -0.3 is 19.5 Å². The zero-order valence-corrected chi connectivity index (χ0v) is 31.1. The molecule has 9 aromatic carbocycles. The molecular formula is C53H37N3O. The third-order valence-corrected chi connectivity index (χ3v) is 11.2. The summed E-state index contributed by atoms with van der Waals surface area (Å²) in [5.41, 5.74) is 13.5. The lowest BCUT2D eigenvalue weighted by molar-refractivity contribution is 0.262. The van der Waals surface area contributed by atoms with Crippen LogP contribution in [0.5, 0.6) is 5.75 Å². The van der Waals surface area contributed by atoms with E-state index in [4.69, 9.17) is 4.74 Å². The quantitative estimate of drug-likeness (QED) is 0.177. The van der Waals surface area contributed by atoms with Crippen LogP contribution in [0.25, 0.3) is 60.5 Å². The van der Waals surface area contributed by atoms with Crippen molar-refractivity contribution in [2.45, 2.75) is 6.23 Å². The molecule has 10 aromatic rings. The first-order valence-corrected chi connectivity index (χ1v) is 19.5. The molecule has 0 saturated carbocycles. The van der Waals surface area contributed by atoms with Gasteiger partial charge in [-0.15, -0.1) is 0 Å². The third-order valence-electron chi connectivity index (χ3n) is 11.2. The molecule has 11 rings (SSSR count). The smallest absolute Gasteiger partial charge is 0.196 e. The van der Waals surface area contributed by atoms with Crippen molar-refractivity contribution in [2.75, 3.05) is 10.2 Å². The highest BCUT2D eigenvalue weighted by atomic mass is 16.5. The predicted octanol–water partition coefficient (Wildman–Crippen LogP) is 14.2. The van der Waals surface area contributed by atoms with E-state index >= 15 is 0 Å². The molecule has 57 heavy (non-hydrogen) atoms. The number of fused-ring (bicyclic) bond motifs is 6. The Hall–Kier alpha value is -7.56. The Morgan fingerprint density at radius 2 is 0.982 bits per heavy atom. The van der Waals surface area contributed by atoms with E-state index < -0.39 is 0 Å². The Kier molecular flexibility index (Phi) is 7.85.